The fraction of sp³-hybridized carbons (Fsp3) is 0.267. The van der Waals surface area contributed by atoms with Gasteiger partial charge < -0.3 is 20.7 Å². The normalized spacial score (nSPS) is 15.9. The summed E-state index contributed by atoms with van der Waals surface area (Å²) < 4.78 is 0. The van der Waals surface area contributed by atoms with Crippen LogP contribution in [0.25, 0.3) is 0 Å². The molecule has 3 N–H and O–H groups in total. The number of oxime groups is 1. The van der Waals surface area contributed by atoms with E-state index in [0.717, 1.165) is 32.0 Å². The van der Waals surface area contributed by atoms with Crippen molar-refractivity contribution in [1.29, 1.82) is 0 Å². The lowest BCUT2D eigenvalue weighted by Crippen LogP contribution is -2.47. The molecule has 0 unspecified atom stereocenters. The van der Waals surface area contributed by atoms with E-state index in [1.807, 2.05) is 18.2 Å². The van der Waals surface area contributed by atoms with Crippen molar-refractivity contribution in [3.63, 3.8) is 0 Å². The topological polar surface area (TPSA) is 90.9 Å². The van der Waals surface area contributed by atoms with E-state index in [-0.39, 0.29) is 5.84 Å². The molecule has 0 atom stereocenters. The van der Waals surface area contributed by atoms with Crippen LogP contribution in [-0.2, 0) is 0 Å². The lowest BCUT2D eigenvalue weighted by atomic mass is 10.2. The zero-order chi connectivity index (χ0) is 15.4. The highest BCUT2D eigenvalue weighted by molar-refractivity contribution is 5.95. The summed E-state index contributed by atoms with van der Waals surface area (Å²) in [7, 11) is 0. The Hall–Kier alpha value is -2.83. The van der Waals surface area contributed by atoms with Gasteiger partial charge >= 0.3 is 0 Å². The Balaban J connectivity index is 1.69. The molecule has 1 aromatic carbocycles. The average molecular weight is 298 g/mol. The third-order valence-corrected chi connectivity index (χ3v) is 3.72. The van der Waals surface area contributed by atoms with Crippen LogP contribution in [-0.4, -0.2) is 47.2 Å². The Morgan fingerprint density at radius 3 is 2.41 bits per heavy atom. The van der Waals surface area contributed by atoms with Crippen LogP contribution in [0.4, 0.5) is 11.5 Å². The minimum atomic E-state index is -0.0303. The molecule has 7 nitrogen and oxygen atoms in total. The lowest BCUT2D eigenvalue weighted by Gasteiger charge is -2.36. The summed E-state index contributed by atoms with van der Waals surface area (Å²) in [6.07, 6.45) is 3.19. The van der Waals surface area contributed by atoms with Gasteiger partial charge in [0, 0.05) is 31.9 Å². The summed E-state index contributed by atoms with van der Waals surface area (Å²) in [5.74, 6) is 0.717. The number of anilines is 2. The highest BCUT2D eigenvalue weighted by Gasteiger charge is 2.19. The molecule has 2 aromatic rings. The molecule has 0 radical (unpaired) electrons. The van der Waals surface area contributed by atoms with Crippen LogP contribution in [0.2, 0.25) is 0 Å². The van der Waals surface area contributed by atoms with Gasteiger partial charge in [0.2, 0.25) is 0 Å². The summed E-state index contributed by atoms with van der Waals surface area (Å²) in [4.78, 5) is 13.0. The van der Waals surface area contributed by atoms with Crippen LogP contribution < -0.4 is 15.5 Å². The highest BCUT2D eigenvalue weighted by atomic mass is 16.4. The highest BCUT2D eigenvalue weighted by Crippen LogP contribution is 2.18. The van der Waals surface area contributed by atoms with Crippen molar-refractivity contribution in [2.75, 3.05) is 36.0 Å². The van der Waals surface area contributed by atoms with E-state index >= 15 is 0 Å². The fourth-order valence-corrected chi connectivity index (χ4v) is 2.52. The zero-order valence-corrected chi connectivity index (χ0v) is 12.1. The molecule has 3 rings (SSSR count). The number of benzene rings is 1. The Bertz CT molecular complexity index is 652. The van der Waals surface area contributed by atoms with Gasteiger partial charge in [0.05, 0.1) is 12.4 Å². The first-order valence-corrected chi connectivity index (χ1v) is 7.13. The van der Waals surface area contributed by atoms with Crippen molar-refractivity contribution in [2.24, 2.45) is 10.9 Å². The third-order valence-electron chi connectivity index (χ3n) is 3.72. The van der Waals surface area contributed by atoms with Gasteiger partial charge in [0.15, 0.2) is 5.84 Å². The molecule has 1 saturated heterocycles. The molecule has 2 heterocycles. The van der Waals surface area contributed by atoms with Gasteiger partial charge in [-0.2, -0.15) is 0 Å². The van der Waals surface area contributed by atoms with Crippen LogP contribution >= 0.6 is 0 Å². The SMILES string of the molecule is NC(=NO)c1cncc(N2CCN(c3ccccc3)CC2)n1. The summed E-state index contributed by atoms with van der Waals surface area (Å²) in [6.45, 7) is 3.53. The van der Waals surface area contributed by atoms with Crippen LogP contribution in [0.5, 0.6) is 0 Å². The van der Waals surface area contributed by atoms with E-state index in [9.17, 15) is 0 Å². The molecule has 0 aliphatic carbocycles. The number of piperazine rings is 1. The maximum atomic E-state index is 8.73. The first kappa shape index (κ1) is 14.1. The van der Waals surface area contributed by atoms with Crippen molar-refractivity contribution in [3.05, 3.63) is 48.4 Å². The van der Waals surface area contributed by atoms with Crippen molar-refractivity contribution in [3.8, 4) is 0 Å². The second-order valence-electron chi connectivity index (χ2n) is 5.06. The van der Waals surface area contributed by atoms with E-state index in [1.54, 1.807) is 6.20 Å². The molecule has 0 bridgehead atoms. The minimum Gasteiger partial charge on any atom is -0.409 e. The van der Waals surface area contributed by atoms with Gasteiger partial charge in [-0.1, -0.05) is 23.4 Å². The van der Waals surface area contributed by atoms with E-state index in [1.165, 1.54) is 11.9 Å². The molecular formula is C15H18N6O. The number of rotatable bonds is 3. The van der Waals surface area contributed by atoms with Gasteiger partial charge in [0.1, 0.15) is 11.5 Å². The molecule has 1 aliphatic heterocycles. The first-order chi connectivity index (χ1) is 10.8. The molecule has 114 valence electrons. The zero-order valence-electron chi connectivity index (χ0n) is 12.1. The van der Waals surface area contributed by atoms with Crippen molar-refractivity contribution in [2.45, 2.75) is 0 Å². The molecular weight excluding hydrogens is 280 g/mol. The number of aromatic nitrogens is 2. The summed E-state index contributed by atoms with van der Waals surface area (Å²) in [6, 6.07) is 10.4. The predicted molar refractivity (Wildman–Crippen MR) is 85.4 cm³/mol. The van der Waals surface area contributed by atoms with Crippen molar-refractivity contribution in [1.82, 2.24) is 9.97 Å². The Labute approximate surface area is 128 Å². The molecule has 0 amide bonds. The Morgan fingerprint density at radius 2 is 1.73 bits per heavy atom. The molecule has 0 saturated carbocycles. The summed E-state index contributed by atoms with van der Waals surface area (Å²) in [5, 5.41) is 11.7. The van der Waals surface area contributed by atoms with Gasteiger partial charge in [-0.05, 0) is 12.1 Å². The first-order valence-electron chi connectivity index (χ1n) is 7.13. The average Bonchev–Trinajstić information content (AvgIpc) is 2.62. The maximum absolute atomic E-state index is 8.73. The second-order valence-corrected chi connectivity index (χ2v) is 5.06. The molecule has 7 heteroatoms. The minimum absolute atomic E-state index is 0.0303. The van der Waals surface area contributed by atoms with Crippen LogP contribution in [0.1, 0.15) is 5.69 Å². The van der Waals surface area contributed by atoms with Crippen molar-refractivity contribution < 1.29 is 5.21 Å². The van der Waals surface area contributed by atoms with E-state index in [0.29, 0.717) is 5.69 Å². The smallest absolute Gasteiger partial charge is 0.190 e. The fourth-order valence-electron chi connectivity index (χ4n) is 2.52. The number of hydrogen-bond donors (Lipinski definition) is 2. The van der Waals surface area contributed by atoms with Gasteiger partial charge in [-0.3, -0.25) is 4.98 Å². The predicted octanol–water partition coefficient (Wildman–Crippen LogP) is 0.898. The van der Waals surface area contributed by atoms with Gasteiger partial charge in [-0.15, -0.1) is 0 Å². The Morgan fingerprint density at radius 1 is 1.05 bits per heavy atom. The lowest BCUT2D eigenvalue weighted by molar-refractivity contribution is 0.318. The number of amidine groups is 1. The quantitative estimate of drug-likeness (QED) is 0.379. The number of nitrogens with zero attached hydrogens (tertiary/aromatic N) is 5. The molecule has 22 heavy (non-hydrogen) atoms. The summed E-state index contributed by atoms with van der Waals surface area (Å²) in [5.41, 5.74) is 7.18. The van der Waals surface area contributed by atoms with E-state index in [4.69, 9.17) is 10.9 Å². The molecule has 1 aliphatic rings. The molecule has 1 aromatic heterocycles. The number of para-hydroxylation sites is 1. The summed E-state index contributed by atoms with van der Waals surface area (Å²) >= 11 is 0. The monoisotopic (exact) mass is 298 g/mol. The number of hydrogen-bond acceptors (Lipinski definition) is 6. The third kappa shape index (κ3) is 2.93. The van der Waals surface area contributed by atoms with Gasteiger partial charge in [-0.25, -0.2) is 4.98 Å². The largest absolute Gasteiger partial charge is 0.409 e. The van der Waals surface area contributed by atoms with E-state index in [2.05, 4.69) is 37.1 Å². The Kier molecular flexibility index (Phi) is 4.04. The van der Waals surface area contributed by atoms with Crippen LogP contribution in [0.15, 0.2) is 47.9 Å². The maximum Gasteiger partial charge on any atom is 0.190 e. The molecule has 0 spiro atoms. The van der Waals surface area contributed by atoms with E-state index < -0.39 is 0 Å². The second kappa shape index (κ2) is 6.30. The van der Waals surface area contributed by atoms with Crippen molar-refractivity contribution >= 4 is 17.3 Å². The van der Waals surface area contributed by atoms with Crippen LogP contribution in [0, 0.1) is 0 Å². The number of nitrogens with two attached hydrogens (primary N) is 1. The standard InChI is InChI=1S/C15H18N6O/c16-15(19-22)13-10-17-11-14(18-13)21-8-6-20(7-9-21)12-4-2-1-3-5-12/h1-5,10-11,22H,6-9H2,(H2,16,19). The molecule has 1 fully saturated rings. The van der Waals surface area contributed by atoms with Crippen LogP contribution in [0.3, 0.4) is 0 Å². The van der Waals surface area contributed by atoms with Gasteiger partial charge in [0.25, 0.3) is 0 Å².